The van der Waals surface area contributed by atoms with Gasteiger partial charge in [-0.05, 0) is 17.7 Å². The number of rotatable bonds is 2. The van der Waals surface area contributed by atoms with Gasteiger partial charge in [-0.15, -0.1) is 0 Å². The molecule has 1 atom stereocenters. The fraction of sp³-hybridized carbons (Fsp3) is 0.250. The predicted molar refractivity (Wildman–Crippen MR) is 60.6 cm³/mol. The van der Waals surface area contributed by atoms with E-state index in [1.165, 1.54) is 16.9 Å². The lowest BCUT2D eigenvalue weighted by Gasteiger charge is -2.14. The van der Waals surface area contributed by atoms with Gasteiger partial charge in [-0.2, -0.15) is 18.3 Å². The molecule has 0 aliphatic carbocycles. The highest BCUT2D eigenvalue weighted by Gasteiger charge is 2.34. The second kappa shape index (κ2) is 4.65. The van der Waals surface area contributed by atoms with Crippen LogP contribution in [-0.4, -0.2) is 9.78 Å². The Morgan fingerprint density at radius 3 is 2.47 bits per heavy atom. The van der Waals surface area contributed by atoms with E-state index in [-0.39, 0.29) is 5.56 Å². The summed E-state index contributed by atoms with van der Waals surface area (Å²) >= 11 is 0. The number of benzene rings is 1. The van der Waals surface area contributed by atoms with E-state index in [4.69, 9.17) is 5.73 Å². The van der Waals surface area contributed by atoms with Crippen molar-refractivity contribution >= 4 is 0 Å². The fourth-order valence-electron chi connectivity index (χ4n) is 1.75. The maximum absolute atomic E-state index is 13.2. The van der Waals surface area contributed by atoms with Crippen LogP contribution in [0.2, 0.25) is 0 Å². The highest BCUT2D eigenvalue weighted by atomic mass is 19.4. The van der Waals surface area contributed by atoms with Crippen molar-refractivity contribution in [2.24, 2.45) is 12.8 Å². The number of aromatic nitrogens is 2. The van der Waals surface area contributed by atoms with Crippen LogP contribution in [-0.2, 0) is 13.2 Å². The lowest BCUT2D eigenvalue weighted by molar-refractivity contribution is -0.140. The van der Waals surface area contributed by atoms with Crippen LogP contribution in [0.1, 0.15) is 22.7 Å². The van der Waals surface area contributed by atoms with Crippen molar-refractivity contribution < 1.29 is 17.6 Å². The number of hydrogen-bond donors (Lipinski definition) is 1. The summed E-state index contributed by atoms with van der Waals surface area (Å²) in [6, 6.07) is 1.96. The van der Waals surface area contributed by atoms with Gasteiger partial charge in [0.1, 0.15) is 5.82 Å². The third kappa shape index (κ3) is 2.76. The first kappa shape index (κ1) is 13.5. The molecule has 0 amide bonds. The Balaban J connectivity index is 2.41. The number of hydrogen-bond acceptors (Lipinski definition) is 2. The standard InChI is InChI=1S/C12H11F4N3/c1-19-6-8(5-18-19)11(17)7-2-3-10(13)9(4-7)12(14,15)16/h2-6,11H,17H2,1H3. The van der Waals surface area contributed by atoms with Crippen molar-refractivity contribution in [3.05, 3.63) is 53.1 Å². The summed E-state index contributed by atoms with van der Waals surface area (Å²) in [4.78, 5) is 0. The lowest BCUT2D eigenvalue weighted by Crippen LogP contribution is -2.14. The van der Waals surface area contributed by atoms with E-state index < -0.39 is 23.6 Å². The monoisotopic (exact) mass is 273 g/mol. The first-order chi connectivity index (χ1) is 8.79. The highest BCUT2D eigenvalue weighted by Crippen LogP contribution is 2.33. The van der Waals surface area contributed by atoms with Gasteiger partial charge in [-0.25, -0.2) is 4.39 Å². The number of nitrogens with zero attached hydrogens (tertiary/aromatic N) is 2. The zero-order valence-corrected chi connectivity index (χ0v) is 9.95. The van der Waals surface area contributed by atoms with Crippen LogP contribution in [0.5, 0.6) is 0 Å². The summed E-state index contributed by atoms with van der Waals surface area (Å²) in [5.74, 6) is -1.31. The molecule has 0 spiro atoms. The van der Waals surface area contributed by atoms with Crippen LogP contribution in [0.4, 0.5) is 17.6 Å². The summed E-state index contributed by atoms with van der Waals surface area (Å²) in [7, 11) is 1.67. The quantitative estimate of drug-likeness (QED) is 0.855. The zero-order valence-electron chi connectivity index (χ0n) is 9.95. The molecular weight excluding hydrogens is 262 g/mol. The van der Waals surface area contributed by atoms with Gasteiger partial charge in [0.05, 0.1) is 17.8 Å². The van der Waals surface area contributed by atoms with E-state index in [0.29, 0.717) is 5.56 Å². The number of nitrogens with two attached hydrogens (primary N) is 1. The van der Waals surface area contributed by atoms with Gasteiger partial charge in [0.25, 0.3) is 0 Å². The molecule has 0 saturated carbocycles. The Hall–Kier alpha value is -1.89. The van der Waals surface area contributed by atoms with Gasteiger partial charge in [0.2, 0.25) is 0 Å². The molecule has 1 unspecified atom stereocenters. The molecule has 0 fully saturated rings. The molecule has 1 heterocycles. The van der Waals surface area contributed by atoms with E-state index in [9.17, 15) is 17.6 Å². The van der Waals surface area contributed by atoms with E-state index in [2.05, 4.69) is 5.10 Å². The number of halogens is 4. The number of alkyl halides is 3. The molecule has 19 heavy (non-hydrogen) atoms. The minimum absolute atomic E-state index is 0.182. The molecule has 2 rings (SSSR count). The molecule has 3 nitrogen and oxygen atoms in total. The Morgan fingerprint density at radius 1 is 1.26 bits per heavy atom. The second-order valence-corrected chi connectivity index (χ2v) is 4.16. The largest absolute Gasteiger partial charge is 0.419 e. The summed E-state index contributed by atoms with van der Waals surface area (Å²) in [6.45, 7) is 0. The maximum atomic E-state index is 13.2. The van der Waals surface area contributed by atoms with Gasteiger partial charge in [0.15, 0.2) is 0 Å². The van der Waals surface area contributed by atoms with E-state index in [1.54, 1.807) is 13.2 Å². The molecular formula is C12H11F4N3. The molecule has 0 bridgehead atoms. The van der Waals surface area contributed by atoms with Gasteiger partial charge in [0, 0.05) is 18.8 Å². The average Bonchev–Trinajstić information content (AvgIpc) is 2.74. The van der Waals surface area contributed by atoms with Crippen molar-refractivity contribution in [1.29, 1.82) is 0 Å². The van der Waals surface area contributed by atoms with Crippen molar-refractivity contribution in [2.75, 3.05) is 0 Å². The summed E-state index contributed by atoms with van der Waals surface area (Å²) in [5, 5.41) is 3.89. The molecule has 0 radical (unpaired) electrons. The van der Waals surface area contributed by atoms with Crippen LogP contribution in [0.15, 0.2) is 30.6 Å². The van der Waals surface area contributed by atoms with Gasteiger partial charge < -0.3 is 5.73 Å². The second-order valence-electron chi connectivity index (χ2n) is 4.16. The Morgan fingerprint density at radius 2 is 1.95 bits per heavy atom. The molecule has 0 aliphatic heterocycles. The van der Waals surface area contributed by atoms with Crippen LogP contribution in [0.25, 0.3) is 0 Å². The summed E-state index contributed by atoms with van der Waals surface area (Å²) < 4.78 is 52.5. The topological polar surface area (TPSA) is 43.8 Å². The molecule has 1 aromatic heterocycles. The van der Waals surface area contributed by atoms with Crippen molar-refractivity contribution in [3.63, 3.8) is 0 Å². The van der Waals surface area contributed by atoms with Gasteiger partial charge >= 0.3 is 6.18 Å². The Bertz CT molecular complexity index is 589. The van der Waals surface area contributed by atoms with E-state index in [0.717, 1.165) is 12.1 Å². The van der Waals surface area contributed by atoms with Crippen LogP contribution in [0.3, 0.4) is 0 Å². The van der Waals surface area contributed by atoms with Gasteiger partial charge in [-0.1, -0.05) is 6.07 Å². The zero-order chi connectivity index (χ0) is 14.2. The van der Waals surface area contributed by atoms with E-state index in [1.807, 2.05) is 0 Å². The summed E-state index contributed by atoms with van der Waals surface area (Å²) in [6.07, 6.45) is -1.68. The van der Waals surface area contributed by atoms with Crippen LogP contribution in [0, 0.1) is 5.82 Å². The molecule has 0 aliphatic rings. The van der Waals surface area contributed by atoms with Crippen molar-refractivity contribution in [3.8, 4) is 0 Å². The highest BCUT2D eigenvalue weighted by molar-refractivity contribution is 5.34. The first-order valence-electron chi connectivity index (χ1n) is 5.40. The average molecular weight is 273 g/mol. The molecule has 0 saturated heterocycles. The van der Waals surface area contributed by atoms with Crippen molar-refractivity contribution in [1.82, 2.24) is 9.78 Å². The Labute approximate surface area is 106 Å². The van der Waals surface area contributed by atoms with E-state index >= 15 is 0 Å². The molecule has 2 N–H and O–H groups in total. The molecule has 2 aromatic rings. The van der Waals surface area contributed by atoms with Gasteiger partial charge in [-0.3, -0.25) is 4.68 Å². The SMILES string of the molecule is Cn1cc(C(N)c2ccc(F)c(C(F)(F)F)c2)cn1. The minimum Gasteiger partial charge on any atom is -0.320 e. The third-order valence-electron chi connectivity index (χ3n) is 2.74. The van der Waals surface area contributed by atoms with Crippen molar-refractivity contribution in [2.45, 2.75) is 12.2 Å². The maximum Gasteiger partial charge on any atom is 0.419 e. The number of aryl methyl sites for hydroxylation is 1. The predicted octanol–water partition coefficient (Wildman–Crippen LogP) is 2.63. The van der Waals surface area contributed by atoms with Crippen LogP contribution < -0.4 is 5.73 Å². The minimum atomic E-state index is -4.74. The van der Waals surface area contributed by atoms with Crippen LogP contribution >= 0.6 is 0 Å². The lowest BCUT2D eigenvalue weighted by atomic mass is 10.00. The summed E-state index contributed by atoms with van der Waals surface area (Å²) in [5.41, 5.74) is 5.27. The first-order valence-corrected chi connectivity index (χ1v) is 5.40. The molecule has 1 aromatic carbocycles. The third-order valence-corrected chi connectivity index (χ3v) is 2.74. The molecule has 102 valence electrons. The normalized spacial score (nSPS) is 13.6. The Kier molecular flexibility index (Phi) is 3.32. The smallest absolute Gasteiger partial charge is 0.320 e. The molecule has 7 heteroatoms. The fourth-order valence-corrected chi connectivity index (χ4v) is 1.75.